The first kappa shape index (κ1) is 18.2. The van der Waals surface area contributed by atoms with Crippen molar-refractivity contribution in [2.75, 3.05) is 7.11 Å². The molecule has 2 aromatic carbocycles. The Morgan fingerprint density at radius 1 is 1.12 bits per heavy atom. The van der Waals surface area contributed by atoms with Crippen LogP contribution in [0.15, 0.2) is 52.4 Å². The number of aromatic nitrogens is 2. The first-order valence-electron chi connectivity index (χ1n) is 7.50. The van der Waals surface area contributed by atoms with Crippen LogP contribution in [0.25, 0.3) is 10.9 Å². The molecule has 134 valence electrons. The lowest BCUT2D eigenvalue weighted by atomic mass is 10.2. The summed E-state index contributed by atoms with van der Waals surface area (Å²) in [4.78, 5) is 19.7. The van der Waals surface area contributed by atoms with E-state index in [-0.39, 0.29) is 16.1 Å². The molecule has 0 aliphatic carbocycles. The molecule has 0 spiro atoms. The van der Waals surface area contributed by atoms with Crippen LogP contribution in [0.3, 0.4) is 0 Å². The number of hydrogen-bond acceptors (Lipinski definition) is 5. The highest BCUT2D eigenvalue weighted by molar-refractivity contribution is 7.99. The van der Waals surface area contributed by atoms with Gasteiger partial charge in [0.05, 0.1) is 18.2 Å². The zero-order chi connectivity index (χ0) is 18.9. The molecule has 0 bridgehead atoms. The van der Waals surface area contributed by atoms with Gasteiger partial charge in [-0.3, -0.25) is 0 Å². The highest BCUT2D eigenvalue weighted by Crippen LogP contribution is 2.37. The number of fused-ring (bicyclic) bond motifs is 1. The fourth-order valence-electron chi connectivity index (χ4n) is 2.36. The Morgan fingerprint density at radius 3 is 2.54 bits per heavy atom. The summed E-state index contributed by atoms with van der Waals surface area (Å²) in [6, 6.07) is 11.5. The first-order chi connectivity index (χ1) is 12.3. The predicted octanol–water partition coefficient (Wildman–Crippen LogP) is 4.89. The second kappa shape index (κ2) is 6.95. The number of aryl methyl sites for hydroxylation is 1. The van der Waals surface area contributed by atoms with Crippen molar-refractivity contribution in [2.45, 2.75) is 23.0 Å². The zero-order valence-corrected chi connectivity index (χ0v) is 14.6. The van der Waals surface area contributed by atoms with E-state index in [2.05, 4.69) is 9.97 Å². The number of benzene rings is 2. The number of halogens is 3. The Balaban J connectivity index is 2.18. The van der Waals surface area contributed by atoms with Gasteiger partial charge in [-0.1, -0.05) is 35.5 Å². The average Bonchev–Trinajstić information content (AvgIpc) is 2.61. The molecule has 0 fully saturated rings. The molecule has 0 amide bonds. The quantitative estimate of drug-likeness (QED) is 0.480. The van der Waals surface area contributed by atoms with Crippen molar-refractivity contribution in [3.05, 3.63) is 59.4 Å². The maximum atomic E-state index is 13.2. The Bertz CT molecular complexity index is 990. The molecule has 0 N–H and O–H groups in total. The number of ether oxygens (including phenoxy) is 1. The molecular weight excluding hydrogens is 365 g/mol. The second-order valence-corrected chi connectivity index (χ2v) is 6.49. The largest absolute Gasteiger partial charge is 0.465 e. The van der Waals surface area contributed by atoms with E-state index in [9.17, 15) is 18.0 Å². The number of rotatable bonds is 3. The van der Waals surface area contributed by atoms with E-state index in [0.717, 1.165) is 17.3 Å². The van der Waals surface area contributed by atoms with Gasteiger partial charge in [0, 0.05) is 10.3 Å². The van der Waals surface area contributed by atoms with Gasteiger partial charge in [-0.25, -0.2) is 14.8 Å². The Labute approximate surface area is 151 Å². The Kier molecular flexibility index (Phi) is 4.86. The molecule has 0 aliphatic heterocycles. The highest BCUT2D eigenvalue weighted by Gasteiger charge is 2.35. The molecule has 0 saturated heterocycles. The van der Waals surface area contributed by atoms with Crippen molar-refractivity contribution in [2.24, 2.45) is 0 Å². The average molecular weight is 378 g/mol. The van der Waals surface area contributed by atoms with Crippen molar-refractivity contribution in [1.82, 2.24) is 9.97 Å². The minimum absolute atomic E-state index is 0.127. The number of carbonyl (C=O) groups excluding carboxylic acids is 1. The van der Waals surface area contributed by atoms with E-state index in [1.54, 1.807) is 36.4 Å². The summed E-state index contributed by atoms with van der Waals surface area (Å²) in [5.74, 6) is -1.79. The molecule has 3 rings (SSSR count). The number of hydrogen-bond donors (Lipinski definition) is 0. The minimum Gasteiger partial charge on any atom is -0.465 e. The first-order valence-corrected chi connectivity index (χ1v) is 8.32. The molecule has 0 aliphatic rings. The molecule has 1 heterocycles. The van der Waals surface area contributed by atoms with Crippen LogP contribution in [0, 0.1) is 6.92 Å². The summed E-state index contributed by atoms with van der Waals surface area (Å²) in [5.41, 5.74) is 1.31. The molecule has 3 aromatic rings. The van der Waals surface area contributed by atoms with Gasteiger partial charge >= 0.3 is 12.1 Å². The summed E-state index contributed by atoms with van der Waals surface area (Å²) in [6.07, 6.45) is -4.67. The van der Waals surface area contributed by atoms with Crippen molar-refractivity contribution < 1.29 is 22.7 Å². The van der Waals surface area contributed by atoms with Crippen LogP contribution in [-0.4, -0.2) is 23.0 Å². The van der Waals surface area contributed by atoms with Gasteiger partial charge in [0.15, 0.2) is 0 Å². The van der Waals surface area contributed by atoms with Gasteiger partial charge in [-0.15, -0.1) is 0 Å². The van der Waals surface area contributed by atoms with Gasteiger partial charge in [0.2, 0.25) is 5.82 Å². The molecule has 0 saturated carbocycles. The standard InChI is InChI=1S/C18H13F3N2O2S/c1-10-7-8-13-12(9-10)15(23-17(22-13)18(19,20)21)26-14-6-4-3-5-11(14)16(24)25-2/h3-9H,1-2H3. The molecule has 0 radical (unpaired) electrons. The molecular formula is C18H13F3N2O2S. The lowest BCUT2D eigenvalue weighted by Gasteiger charge is -2.12. The van der Waals surface area contributed by atoms with E-state index in [1.165, 1.54) is 13.2 Å². The zero-order valence-electron chi connectivity index (χ0n) is 13.8. The molecule has 0 atom stereocenters. The molecule has 1 aromatic heterocycles. The third kappa shape index (κ3) is 3.65. The van der Waals surface area contributed by atoms with Crippen LogP contribution in [-0.2, 0) is 10.9 Å². The number of nitrogens with zero attached hydrogens (tertiary/aromatic N) is 2. The second-order valence-electron chi connectivity index (χ2n) is 5.46. The van der Waals surface area contributed by atoms with Gasteiger partial charge < -0.3 is 4.74 Å². The van der Waals surface area contributed by atoms with Crippen LogP contribution in [0.2, 0.25) is 0 Å². The fraction of sp³-hybridized carbons (Fsp3) is 0.167. The minimum atomic E-state index is -4.67. The molecule has 8 heteroatoms. The maximum absolute atomic E-state index is 13.2. The van der Waals surface area contributed by atoms with E-state index in [0.29, 0.717) is 10.3 Å². The van der Waals surface area contributed by atoms with Crippen molar-refractivity contribution in [1.29, 1.82) is 0 Å². The Morgan fingerprint density at radius 2 is 1.85 bits per heavy atom. The smallest absolute Gasteiger partial charge is 0.451 e. The van der Waals surface area contributed by atoms with Crippen LogP contribution in [0.5, 0.6) is 0 Å². The third-order valence-electron chi connectivity index (χ3n) is 3.57. The normalized spacial score (nSPS) is 11.6. The van der Waals surface area contributed by atoms with Crippen LogP contribution in [0.4, 0.5) is 13.2 Å². The SMILES string of the molecule is COC(=O)c1ccccc1Sc1nc(C(F)(F)F)nc2ccc(C)cc12. The lowest BCUT2D eigenvalue weighted by molar-refractivity contribution is -0.145. The molecule has 26 heavy (non-hydrogen) atoms. The van der Waals surface area contributed by atoms with Crippen LogP contribution in [0.1, 0.15) is 21.7 Å². The predicted molar refractivity (Wildman–Crippen MR) is 91.2 cm³/mol. The summed E-state index contributed by atoms with van der Waals surface area (Å²) in [6.45, 7) is 1.83. The fourth-order valence-corrected chi connectivity index (χ4v) is 3.38. The summed E-state index contributed by atoms with van der Waals surface area (Å²) in [5, 5.41) is 0.616. The molecule has 0 unspecified atom stereocenters. The third-order valence-corrected chi connectivity index (χ3v) is 4.65. The van der Waals surface area contributed by atoms with Gasteiger partial charge in [-0.2, -0.15) is 13.2 Å². The van der Waals surface area contributed by atoms with Crippen molar-refractivity contribution >= 4 is 28.6 Å². The monoisotopic (exact) mass is 378 g/mol. The summed E-state index contributed by atoms with van der Waals surface area (Å²) < 4.78 is 44.2. The van der Waals surface area contributed by atoms with E-state index < -0.39 is 18.0 Å². The van der Waals surface area contributed by atoms with Crippen LogP contribution >= 0.6 is 11.8 Å². The lowest BCUT2D eigenvalue weighted by Crippen LogP contribution is -2.12. The Hall–Kier alpha value is -2.61. The van der Waals surface area contributed by atoms with E-state index >= 15 is 0 Å². The number of esters is 1. The van der Waals surface area contributed by atoms with Crippen molar-refractivity contribution in [3.8, 4) is 0 Å². The summed E-state index contributed by atoms with van der Waals surface area (Å²) in [7, 11) is 1.25. The van der Waals surface area contributed by atoms with Crippen molar-refractivity contribution in [3.63, 3.8) is 0 Å². The number of alkyl halides is 3. The van der Waals surface area contributed by atoms with Gasteiger partial charge in [-0.05, 0) is 31.2 Å². The van der Waals surface area contributed by atoms with E-state index in [4.69, 9.17) is 4.74 Å². The highest BCUT2D eigenvalue weighted by atomic mass is 32.2. The number of carbonyl (C=O) groups is 1. The number of methoxy groups -OCH3 is 1. The molecule has 4 nitrogen and oxygen atoms in total. The topological polar surface area (TPSA) is 52.1 Å². The van der Waals surface area contributed by atoms with E-state index in [1.807, 2.05) is 6.92 Å². The summed E-state index contributed by atoms with van der Waals surface area (Å²) >= 11 is 0.974. The van der Waals surface area contributed by atoms with Gasteiger partial charge in [0.25, 0.3) is 0 Å². The van der Waals surface area contributed by atoms with Gasteiger partial charge in [0.1, 0.15) is 5.03 Å². The maximum Gasteiger partial charge on any atom is 0.451 e. The van der Waals surface area contributed by atoms with Crippen LogP contribution < -0.4 is 0 Å².